The predicted octanol–water partition coefficient (Wildman–Crippen LogP) is 1.62. The maximum Gasteiger partial charge on any atom is 0.318 e. The molecule has 0 fully saturated rings. The van der Waals surface area contributed by atoms with Gasteiger partial charge >= 0.3 is 5.69 Å². The van der Waals surface area contributed by atoms with E-state index in [2.05, 4.69) is 0 Å². The minimum Gasteiger partial charge on any atom is -0.504 e. The molecule has 1 atom stereocenters. The molecule has 1 aromatic carbocycles. The summed E-state index contributed by atoms with van der Waals surface area (Å²) in [5, 5.41) is 29.9. The molecule has 6 nitrogen and oxygen atoms in total. The van der Waals surface area contributed by atoms with Crippen molar-refractivity contribution in [1.82, 2.24) is 0 Å². The van der Waals surface area contributed by atoms with Gasteiger partial charge in [-0.1, -0.05) is 0 Å². The van der Waals surface area contributed by atoms with Crippen LogP contribution in [0, 0.1) is 10.1 Å². The number of fused-ring (bicyclic) bond motifs is 1. The van der Waals surface area contributed by atoms with Gasteiger partial charge in [-0.25, -0.2) is 0 Å². The van der Waals surface area contributed by atoms with Crippen molar-refractivity contribution >= 4 is 12.0 Å². The number of aryl methyl sites for hydroxylation is 1. The fourth-order valence-electron chi connectivity index (χ4n) is 2.31. The molecule has 0 amide bonds. The molecule has 2 rings (SSSR count). The summed E-state index contributed by atoms with van der Waals surface area (Å²) in [6.07, 6.45) is 2.48. The highest BCUT2D eigenvalue weighted by molar-refractivity contribution is 5.73. The summed E-state index contributed by atoms with van der Waals surface area (Å²) < 4.78 is 0. The van der Waals surface area contributed by atoms with Crippen LogP contribution in [-0.4, -0.2) is 21.4 Å². The molecule has 0 saturated carbocycles. The Bertz CT molecular complexity index is 497. The summed E-state index contributed by atoms with van der Waals surface area (Å²) in [5.41, 5.74) is 0.263. The number of aldehydes is 1. The molecule has 0 bridgehead atoms. The van der Waals surface area contributed by atoms with Crippen LogP contribution in [0.5, 0.6) is 11.5 Å². The van der Waals surface area contributed by atoms with E-state index in [0.29, 0.717) is 24.7 Å². The largest absolute Gasteiger partial charge is 0.504 e. The van der Waals surface area contributed by atoms with Crippen molar-refractivity contribution in [3.8, 4) is 11.5 Å². The van der Waals surface area contributed by atoms with Crippen molar-refractivity contribution in [2.75, 3.05) is 0 Å². The molecule has 0 saturated heterocycles. The number of hydrogen-bond acceptors (Lipinski definition) is 5. The molecule has 1 aliphatic carbocycles. The summed E-state index contributed by atoms with van der Waals surface area (Å²) in [6, 6.07) is 1.30. The second kappa shape index (κ2) is 4.04. The Hall–Kier alpha value is -2.11. The van der Waals surface area contributed by atoms with Crippen LogP contribution in [0.25, 0.3) is 0 Å². The molecule has 1 aliphatic rings. The third-order valence-corrected chi connectivity index (χ3v) is 3.06. The highest BCUT2D eigenvalue weighted by atomic mass is 16.6. The van der Waals surface area contributed by atoms with Crippen LogP contribution >= 0.6 is 0 Å². The van der Waals surface area contributed by atoms with Gasteiger partial charge in [-0.05, 0) is 30.9 Å². The van der Waals surface area contributed by atoms with Crippen LogP contribution in [0.1, 0.15) is 29.9 Å². The first-order valence-corrected chi connectivity index (χ1v) is 5.23. The zero-order valence-electron chi connectivity index (χ0n) is 8.92. The van der Waals surface area contributed by atoms with Gasteiger partial charge in [0.15, 0.2) is 5.75 Å². The van der Waals surface area contributed by atoms with Crippen LogP contribution < -0.4 is 0 Å². The van der Waals surface area contributed by atoms with Gasteiger partial charge in [0, 0.05) is 11.5 Å². The van der Waals surface area contributed by atoms with Crippen molar-refractivity contribution in [1.29, 1.82) is 0 Å². The lowest BCUT2D eigenvalue weighted by molar-refractivity contribution is -0.386. The van der Waals surface area contributed by atoms with Gasteiger partial charge in [-0.2, -0.15) is 0 Å². The molecule has 0 radical (unpaired) electrons. The van der Waals surface area contributed by atoms with E-state index in [1.807, 2.05) is 0 Å². The molecule has 0 aromatic heterocycles. The summed E-state index contributed by atoms with van der Waals surface area (Å²) in [7, 11) is 0. The number of aromatic hydroxyl groups is 2. The van der Waals surface area contributed by atoms with Crippen molar-refractivity contribution in [3.63, 3.8) is 0 Å². The Morgan fingerprint density at radius 3 is 2.76 bits per heavy atom. The molecule has 6 heteroatoms. The molecular weight excluding hydrogens is 226 g/mol. The minimum atomic E-state index is -0.762. The maximum absolute atomic E-state index is 10.9. The normalized spacial score (nSPS) is 18.5. The number of nitro benzene ring substituents is 1. The first-order chi connectivity index (χ1) is 8.06. The summed E-state index contributed by atoms with van der Waals surface area (Å²) in [4.78, 5) is 21.1. The number of phenolic OH excluding ortho intramolecular Hbond substituents is 2. The topological polar surface area (TPSA) is 101 Å². The van der Waals surface area contributed by atoms with Crippen LogP contribution in [0.4, 0.5) is 5.69 Å². The third-order valence-electron chi connectivity index (χ3n) is 3.06. The Balaban J connectivity index is 2.75. The van der Waals surface area contributed by atoms with Crippen molar-refractivity contribution in [3.05, 3.63) is 27.3 Å². The summed E-state index contributed by atoms with van der Waals surface area (Å²) >= 11 is 0. The van der Waals surface area contributed by atoms with E-state index < -0.39 is 28.0 Å². The standard InChI is InChI=1S/C11H11NO5/c13-5-7-3-1-2-6-4-8(14)11(15)10(9(6)7)12(16)17/h4-5,7,14-15H,1-3H2. The zero-order valence-corrected chi connectivity index (χ0v) is 8.92. The fourth-order valence-corrected chi connectivity index (χ4v) is 2.31. The number of phenols is 2. The predicted molar refractivity (Wildman–Crippen MR) is 58.2 cm³/mol. The second-order valence-corrected chi connectivity index (χ2v) is 4.06. The van der Waals surface area contributed by atoms with E-state index in [1.54, 1.807) is 0 Å². The van der Waals surface area contributed by atoms with E-state index in [-0.39, 0.29) is 5.56 Å². The SMILES string of the molecule is O=CC1CCCc2cc(O)c(O)c([N+](=O)[O-])c21. The quantitative estimate of drug-likeness (QED) is 0.352. The lowest BCUT2D eigenvalue weighted by atomic mass is 9.82. The van der Waals surface area contributed by atoms with E-state index in [9.17, 15) is 25.1 Å². The first kappa shape index (κ1) is 11.4. The van der Waals surface area contributed by atoms with Gasteiger partial charge in [0.2, 0.25) is 5.75 Å². The van der Waals surface area contributed by atoms with Gasteiger partial charge in [-0.3, -0.25) is 10.1 Å². The Kier molecular flexibility index (Phi) is 2.71. The molecule has 1 aromatic rings. The Morgan fingerprint density at radius 2 is 2.18 bits per heavy atom. The van der Waals surface area contributed by atoms with Gasteiger partial charge in [-0.15, -0.1) is 0 Å². The minimum absolute atomic E-state index is 0.242. The second-order valence-electron chi connectivity index (χ2n) is 4.06. The summed E-state index contributed by atoms with van der Waals surface area (Å²) in [5.74, 6) is -1.85. The number of rotatable bonds is 2. The number of nitrogens with zero attached hydrogens (tertiary/aromatic N) is 1. The first-order valence-electron chi connectivity index (χ1n) is 5.23. The number of carbonyl (C=O) groups excluding carboxylic acids is 1. The molecule has 2 N–H and O–H groups in total. The Labute approximate surface area is 96.7 Å². The van der Waals surface area contributed by atoms with Crippen molar-refractivity contribution in [2.24, 2.45) is 0 Å². The van der Waals surface area contributed by atoms with Crippen molar-refractivity contribution in [2.45, 2.75) is 25.2 Å². The van der Waals surface area contributed by atoms with Gasteiger partial charge in [0.1, 0.15) is 6.29 Å². The smallest absolute Gasteiger partial charge is 0.318 e. The highest BCUT2D eigenvalue weighted by Gasteiger charge is 2.33. The Morgan fingerprint density at radius 1 is 1.47 bits per heavy atom. The van der Waals surface area contributed by atoms with Crippen LogP contribution in [0.15, 0.2) is 6.07 Å². The fraction of sp³-hybridized carbons (Fsp3) is 0.364. The van der Waals surface area contributed by atoms with E-state index >= 15 is 0 Å². The molecule has 0 aliphatic heterocycles. The highest BCUT2D eigenvalue weighted by Crippen LogP contribution is 2.46. The van der Waals surface area contributed by atoms with Crippen LogP contribution in [0.2, 0.25) is 0 Å². The van der Waals surface area contributed by atoms with Crippen LogP contribution in [0.3, 0.4) is 0 Å². The zero-order chi connectivity index (χ0) is 12.6. The van der Waals surface area contributed by atoms with Gasteiger partial charge < -0.3 is 15.0 Å². The van der Waals surface area contributed by atoms with E-state index in [4.69, 9.17) is 0 Å². The summed E-state index contributed by atoms with van der Waals surface area (Å²) in [6.45, 7) is 0. The number of nitro groups is 1. The third kappa shape index (κ3) is 1.71. The molecule has 0 heterocycles. The van der Waals surface area contributed by atoms with E-state index in [0.717, 1.165) is 6.42 Å². The monoisotopic (exact) mass is 237 g/mol. The van der Waals surface area contributed by atoms with E-state index in [1.165, 1.54) is 6.07 Å². The van der Waals surface area contributed by atoms with Crippen LogP contribution in [-0.2, 0) is 11.2 Å². The lowest BCUT2D eigenvalue weighted by Crippen LogP contribution is -2.13. The number of carbonyl (C=O) groups is 1. The lowest BCUT2D eigenvalue weighted by Gasteiger charge is -2.21. The molecule has 17 heavy (non-hydrogen) atoms. The number of benzene rings is 1. The maximum atomic E-state index is 10.9. The molecule has 0 spiro atoms. The molecule has 90 valence electrons. The van der Waals surface area contributed by atoms with Crippen molar-refractivity contribution < 1.29 is 19.9 Å². The van der Waals surface area contributed by atoms with Gasteiger partial charge in [0.05, 0.1) is 4.92 Å². The average molecular weight is 237 g/mol. The average Bonchev–Trinajstić information content (AvgIpc) is 2.29. The molecule has 1 unspecified atom stereocenters. The number of hydrogen-bond donors (Lipinski definition) is 2. The molecular formula is C11H11NO5. The van der Waals surface area contributed by atoms with Gasteiger partial charge in [0.25, 0.3) is 0 Å².